The van der Waals surface area contributed by atoms with Crippen LogP contribution in [0.2, 0.25) is 0 Å². The van der Waals surface area contributed by atoms with Crippen molar-refractivity contribution in [2.75, 3.05) is 18.8 Å². The molecule has 2 aromatic rings. The Labute approximate surface area is 252 Å². The van der Waals surface area contributed by atoms with Crippen LogP contribution in [0.3, 0.4) is 0 Å². The maximum Gasteiger partial charge on any atom is 0.339 e. The third-order valence-corrected chi connectivity index (χ3v) is 8.45. The molecule has 0 radical (unpaired) electrons. The van der Waals surface area contributed by atoms with Crippen LogP contribution in [0.1, 0.15) is 36.7 Å². The number of carbonyl (C=O) groups is 4. The van der Waals surface area contributed by atoms with Gasteiger partial charge in [-0.3, -0.25) is 19.4 Å². The number of carboxylic acids is 2. The van der Waals surface area contributed by atoms with Crippen molar-refractivity contribution < 1.29 is 42.9 Å². The van der Waals surface area contributed by atoms with E-state index < -0.39 is 44.4 Å². The molecule has 0 bridgehead atoms. The zero-order valence-electron chi connectivity index (χ0n) is 23.1. The molecule has 1 aromatic heterocycles. The van der Waals surface area contributed by atoms with Gasteiger partial charge in [-0.25, -0.2) is 17.9 Å². The van der Waals surface area contributed by atoms with Crippen LogP contribution >= 0.6 is 23.5 Å². The normalized spacial score (nSPS) is 13.8. The Morgan fingerprint density at radius 1 is 1.12 bits per heavy atom. The number of hydrogen-bond acceptors (Lipinski definition) is 10. The van der Waals surface area contributed by atoms with E-state index in [0.717, 1.165) is 42.4 Å². The van der Waals surface area contributed by atoms with Gasteiger partial charge in [0.1, 0.15) is 11.3 Å². The van der Waals surface area contributed by atoms with Gasteiger partial charge in [-0.1, -0.05) is 32.1 Å². The van der Waals surface area contributed by atoms with E-state index in [9.17, 15) is 27.9 Å². The number of benzene rings is 1. The molecular weight excluding hydrogens is 607 g/mol. The summed E-state index contributed by atoms with van der Waals surface area (Å²) in [5.74, 6) is -2.52. The second-order valence-corrected chi connectivity index (χ2v) is 12.0. The van der Waals surface area contributed by atoms with Gasteiger partial charge in [-0.15, -0.1) is 23.5 Å². The molecule has 5 N–H and O–H groups in total. The molecule has 42 heavy (non-hydrogen) atoms. The van der Waals surface area contributed by atoms with E-state index in [1.807, 2.05) is 26.0 Å². The average molecular weight is 640 g/mol. The molecule has 228 valence electrons. The number of aromatic hydroxyl groups is 1. The van der Waals surface area contributed by atoms with Crippen molar-refractivity contribution in [2.45, 2.75) is 36.7 Å². The SMILES string of the molecule is CC.CC(=O)O.O=C(CNC(=O)C1=CC=CC(CNS(=O)(=O)c2ccc(O)c(C(=O)O)c2)S1)CSCc1cccnc1. The van der Waals surface area contributed by atoms with Crippen LogP contribution in [0, 0.1) is 0 Å². The van der Waals surface area contributed by atoms with Gasteiger partial charge >= 0.3 is 5.97 Å². The number of hydrogen-bond donors (Lipinski definition) is 5. The first-order valence-corrected chi connectivity index (χ1v) is 16.0. The van der Waals surface area contributed by atoms with Crippen molar-refractivity contribution in [1.29, 1.82) is 0 Å². The molecule has 0 aliphatic carbocycles. The summed E-state index contributed by atoms with van der Waals surface area (Å²) in [4.78, 5) is 48.8. The van der Waals surface area contributed by atoms with E-state index in [1.165, 1.54) is 11.8 Å². The molecule has 1 atom stereocenters. The molecule has 0 saturated heterocycles. The highest BCUT2D eigenvalue weighted by Crippen LogP contribution is 2.27. The number of pyridine rings is 1. The van der Waals surface area contributed by atoms with Gasteiger partial charge in [0.15, 0.2) is 5.78 Å². The van der Waals surface area contributed by atoms with Crippen molar-refractivity contribution in [1.82, 2.24) is 15.0 Å². The summed E-state index contributed by atoms with van der Waals surface area (Å²) in [6.45, 7) is 4.89. The number of Topliss-reactive ketones (excluding diaryl/α,β-unsaturated/α-hetero) is 1. The topological polar surface area (TPSA) is 200 Å². The van der Waals surface area contributed by atoms with Gasteiger partial charge in [-0.05, 0) is 35.9 Å². The van der Waals surface area contributed by atoms with E-state index in [1.54, 1.807) is 30.6 Å². The minimum Gasteiger partial charge on any atom is -0.507 e. The largest absolute Gasteiger partial charge is 0.507 e. The maximum atomic E-state index is 12.6. The summed E-state index contributed by atoms with van der Waals surface area (Å²) in [5, 5.41) is 28.3. The highest BCUT2D eigenvalue weighted by molar-refractivity contribution is 8.04. The lowest BCUT2D eigenvalue weighted by atomic mass is 10.2. The number of ketones is 1. The van der Waals surface area contributed by atoms with E-state index in [-0.39, 0.29) is 29.5 Å². The Kier molecular flexibility index (Phi) is 16.2. The lowest BCUT2D eigenvalue weighted by Crippen LogP contribution is -2.33. The van der Waals surface area contributed by atoms with Gasteiger partial charge in [0.2, 0.25) is 10.0 Å². The highest BCUT2D eigenvalue weighted by atomic mass is 32.2. The Balaban J connectivity index is 0.00000135. The Bertz CT molecular complexity index is 1390. The lowest BCUT2D eigenvalue weighted by Gasteiger charge is -2.18. The van der Waals surface area contributed by atoms with Gasteiger partial charge < -0.3 is 20.6 Å². The molecule has 1 aliphatic heterocycles. The van der Waals surface area contributed by atoms with Gasteiger partial charge in [0.25, 0.3) is 11.9 Å². The van der Waals surface area contributed by atoms with Crippen LogP contribution in [0.5, 0.6) is 5.75 Å². The number of nitrogens with one attached hydrogen (secondary N) is 2. The lowest BCUT2D eigenvalue weighted by molar-refractivity contribution is -0.134. The molecule has 15 heteroatoms. The van der Waals surface area contributed by atoms with Crippen molar-refractivity contribution in [3.8, 4) is 5.75 Å². The van der Waals surface area contributed by atoms with Gasteiger partial charge in [0.05, 0.1) is 22.1 Å². The van der Waals surface area contributed by atoms with Crippen LogP contribution in [-0.2, 0) is 30.2 Å². The Morgan fingerprint density at radius 3 is 2.43 bits per heavy atom. The summed E-state index contributed by atoms with van der Waals surface area (Å²) >= 11 is 2.56. The Morgan fingerprint density at radius 2 is 1.81 bits per heavy atom. The number of rotatable bonds is 12. The number of thioether (sulfide) groups is 2. The molecule has 0 spiro atoms. The van der Waals surface area contributed by atoms with Gasteiger partial charge in [-0.2, -0.15) is 0 Å². The van der Waals surface area contributed by atoms with Crippen LogP contribution in [0.4, 0.5) is 0 Å². The fourth-order valence-electron chi connectivity index (χ4n) is 2.96. The Hall–Kier alpha value is -3.66. The number of aromatic nitrogens is 1. The predicted molar refractivity (Wildman–Crippen MR) is 162 cm³/mol. The summed E-state index contributed by atoms with van der Waals surface area (Å²) in [7, 11) is -4.06. The second kappa shape index (κ2) is 18.7. The molecule has 2 heterocycles. The quantitative estimate of drug-likeness (QED) is 0.228. The zero-order chi connectivity index (χ0) is 31.7. The van der Waals surface area contributed by atoms with Crippen molar-refractivity contribution in [3.63, 3.8) is 0 Å². The zero-order valence-corrected chi connectivity index (χ0v) is 25.6. The molecule has 1 unspecified atom stereocenters. The van der Waals surface area contributed by atoms with Crippen molar-refractivity contribution in [2.24, 2.45) is 0 Å². The summed E-state index contributed by atoms with van der Waals surface area (Å²) in [6, 6.07) is 6.70. The van der Waals surface area contributed by atoms with E-state index >= 15 is 0 Å². The molecule has 12 nitrogen and oxygen atoms in total. The van der Waals surface area contributed by atoms with Crippen molar-refractivity contribution in [3.05, 3.63) is 77.0 Å². The number of sulfonamides is 1. The summed E-state index contributed by atoms with van der Waals surface area (Å²) in [6.07, 6.45) is 8.32. The number of carbonyl (C=O) groups excluding carboxylic acids is 2. The van der Waals surface area contributed by atoms with Crippen molar-refractivity contribution >= 4 is 57.2 Å². The minimum absolute atomic E-state index is 0.0681. The average Bonchev–Trinajstić information content (AvgIpc) is 2.96. The standard InChI is InChI=1S/C23H23N3O7S3.C2H4O2.C2H6/c27-16(14-34-13-15-3-2-8-24-10-15)11-25-22(29)21-5-1-4-17(35-21)12-26-36(32,33)18-6-7-20(28)19(9-18)23(30)31;1-2(3)4;1-2/h1-10,17,26,28H,11-14H2,(H,25,29)(H,30,31);1H3,(H,3,4);1-2H3. The molecule has 0 saturated carbocycles. The summed E-state index contributed by atoms with van der Waals surface area (Å²) in [5.41, 5.74) is 0.473. The number of amides is 1. The number of carboxylic acid groups (broad SMARTS) is 2. The van der Waals surface area contributed by atoms with E-state index in [4.69, 9.17) is 15.0 Å². The maximum absolute atomic E-state index is 12.6. The number of nitrogens with zero attached hydrogens (tertiary/aromatic N) is 1. The third kappa shape index (κ3) is 13.3. The highest BCUT2D eigenvalue weighted by Gasteiger charge is 2.23. The smallest absolute Gasteiger partial charge is 0.339 e. The second-order valence-electron chi connectivity index (χ2n) is 8.00. The third-order valence-electron chi connectivity index (χ3n) is 4.76. The fraction of sp³-hybridized carbons (Fsp3) is 0.296. The number of allylic oxidation sites excluding steroid dienone is 2. The molecule has 3 rings (SSSR count). The first-order valence-electron chi connectivity index (χ1n) is 12.5. The van der Waals surface area contributed by atoms with Crippen LogP contribution < -0.4 is 10.0 Å². The van der Waals surface area contributed by atoms with Crippen LogP contribution in [0.15, 0.2) is 70.8 Å². The first-order chi connectivity index (χ1) is 19.9. The molecule has 1 aromatic carbocycles. The number of aromatic carboxylic acids is 1. The minimum atomic E-state index is -4.06. The predicted octanol–water partition coefficient (Wildman–Crippen LogP) is 3.06. The molecule has 0 fully saturated rings. The summed E-state index contributed by atoms with van der Waals surface area (Å²) < 4.78 is 27.5. The fourth-order valence-corrected chi connectivity index (χ4v) is 5.99. The number of phenols is 1. The molecule has 1 aliphatic rings. The molecule has 1 amide bonds. The van der Waals surface area contributed by atoms with Gasteiger partial charge in [0, 0.05) is 36.9 Å². The molecular formula is C27H33N3O9S3. The monoisotopic (exact) mass is 639 g/mol. The van der Waals surface area contributed by atoms with Crippen LogP contribution in [0.25, 0.3) is 0 Å². The van der Waals surface area contributed by atoms with E-state index in [2.05, 4.69) is 15.0 Å². The van der Waals surface area contributed by atoms with Crippen LogP contribution in [-0.4, -0.2) is 76.4 Å². The first kappa shape index (κ1) is 36.4. The van der Waals surface area contributed by atoms with E-state index in [0.29, 0.717) is 10.7 Å². The number of aliphatic carboxylic acids is 1.